The molecule has 3 heterocycles. The SMILES string of the molecule is Cc1nn(C2CCCCC2)c2nc(C3CCCN(S(=O)(=O)Cc4ccccc4)C3)[nH]c(=O)c12. The van der Waals surface area contributed by atoms with Crippen LogP contribution < -0.4 is 5.56 Å². The summed E-state index contributed by atoms with van der Waals surface area (Å²) in [7, 11) is -3.46. The lowest BCUT2D eigenvalue weighted by molar-refractivity contribution is 0.308. The molecule has 0 spiro atoms. The number of nitrogens with one attached hydrogen (secondary N) is 1. The summed E-state index contributed by atoms with van der Waals surface area (Å²) in [5, 5.41) is 5.24. The highest BCUT2D eigenvalue weighted by atomic mass is 32.2. The zero-order valence-electron chi connectivity index (χ0n) is 19.0. The summed E-state index contributed by atoms with van der Waals surface area (Å²) < 4.78 is 29.7. The second-order valence-electron chi connectivity index (χ2n) is 9.41. The molecule has 0 radical (unpaired) electrons. The third-order valence-electron chi connectivity index (χ3n) is 7.03. The first-order valence-corrected chi connectivity index (χ1v) is 13.5. The fraction of sp³-hybridized carbons (Fsp3) is 0.542. The van der Waals surface area contributed by atoms with E-state index in [4.69, 9.17) is 4.98 Å². The molecule has 2 aliphatic rings. The maximum atomic E-state index is 13.1. The van der Waals surface area contributed by atoms with Crippen LogP contribution >= 0.6 is 0 Å². The molecule has 5 rings (SSSR count). The first-order valence-electron chi connectivity index (χ1n) is 11.9. The first kappa shape index (κ1) is 22.3. The van der Waals surface area contributed by atoms with Gasteiger partial charge in [0.2, 0.25) is 10.0 Å². The van der Waals surface area contributed by atoms with Gasteiger partial charge in [-0.05, 0) is 38.2 Å². The topological polar surface area (TPSA) is 101 Å². The van der Waals surface area contributed by atoms with Gasteiger partial charge in [-0.2, -0.15) is 5.10 Å². The van der Waals surface area contributed by atoms with Gasteiger partial charge >= 0.3 is 0 Å². The van der Waals surface area contributed by atoms with Crippen molar-refractivity contribution < 1.29 is 8.42 Å². The van der Waals surface area contributed by atoms with Crippen LogP contribution in [0.1, 0.15) is 74.0 Å². The van der Waals surface area contributed by atoms with E-state index >= 15 is 0 Å². The van der Waals surface area contributed by atoms with Gasteiger partial charge in [-0.15, -0.1) is 0 Å². The number of rotatable bonds is 5. The number of aromatic nitrogens is 4. The molecule has 0 bridgehead atoms. The molecule has 8 nitrogen and oxygen atoms in total. The van der Waals surface area contributed by atoms with Gasteiger partial charge in [0.05, 0.1) is 17.5 Å². The molecule has 1 aliphatic heterocycles. The predicted molar refractivity (Wildman–Crippen MR) is 128 cm³/mol. The number of nitrogens with zero attached hydrogens (tertiary/aromatic N) is 4. The molecule has 1 atom stereocenters. The van der Waals surface area contributed by atoms with Gasteiger partial charge in [-0.3, -0.25) is 4.79 Å². The summed E-state index contributed by atoms with van der Waals surface area (Å²) in [5.74, 6) is 0.414. The van der Waals surface area contributed by atoms with Crippen molar-refractivity contribution in [3.8, 4) is 0 Å². The Morgan fingerprint density at radius 3 is 2.58 bits per heavy atom. The smallest absolute Gasteiger partial charge is 0.262 e. The van der Waals surface area contributed by atoms with E-state index in [1.165, 1.54) is 6.42 Å². The van der Waals surface area contributed by atoms with Crippen LogP contribution in [0.5, 0.6) is 0 Å². The van der Waals surface area contributed by atoms with Crippen molar-refractivity contribution in [3.63, 3.8) is 0 Å². The van der Waals surface area contributed by atoms with E-state index < -0.39 is 10.0 Å². The average molecular weight is 470 g/mol. The summed E-state index contributed by atoms with van der Waals surface area (Å²) in [6.07, 6.45) is 7.20. The second-order valence-corrected chi connectivity index (χ2v) is 11.4. The zero-order valence-corrected chi connectivity index (χ0v) is 19.9. The lowest BCUT2D eigenvalue weighted by Gasteiger charge is -2.31. The highest BCUT2D eigenvalue weighted by Gasteiger charge is 2.32. The van der Waals surface area contributed by atoms with Crippen LogP contribution in [0.3, 0.4) is 0 Å². The summed E-state index contributed by atoms with van der Waals surface area (Å²) in [4.78, 5) is 20.8. The minimum atomic E-state index is -3.46. The molecule has 176 valence electrons. The maximum Gasteiger partial charge on any atom is 0.262 e. The van der Waals surface area contributed by atoms with E-state index in [2.05, 4.69) is 10.1 Å². The number of aromatic amines is 1. The summed E-state index contributed by atoms with van der Waals surface area (Å²) in [6, 6.07) is 9.52. The van der Waals surface area contributed by atoms with Crippen molar-refractivity contribution in [2.24, 2.45) is 0 Å². The van der Waals surface area contributed by atoms with Crippen LogP contribution in [0.15, 0.2) is 35.1 Å². The number of piperidine rings is 1. The Balaban J connectivity index is 1.44. The summed E-state index contributed by atoms with van der Waals surface area (Å²) in [6.45, 7) is 2.69. The van der Waals surface area contributed by atoms with Crippen LogP contribution in [-0.4, -0.2) is 45.6 Å². The normalized spacial score (nSPS) is 20.9. The van der Waals surface area contributed by atoms with E-state index in [-0.39, 0.29) is 23.3 Å². The van der Waals surface area contributed by atoms with Crippen molar-refractivity contribution in [2.45, 2.75) is 69.6 Å². The lowest BCUT2D eigenvalue weighted by atomic mass is 9.95. The van der Waals surface area contributed by atoms with Gasteiger partial charge in [0.15, 0.2) is 5.65 Å². The second kappa shape index (κ2) is 9.02. The largest absolute Gasteiger partial charge is 0.310 e. The van der Waals surface area contributed by atoms with E-state index in [0.717, 1.165) is 44.1 Å². The Morgan fingerprint density at radius 1 is 1.06 bits per heavy atom. The molecular formula is C24H31N5O3S. The highest BCUT2D eigenvalue weighted by molar-refractivity contribution is 7.88. The predicted octanol–water partition coefficient (Wildman–Crippen LogP) is 3.64. The molecule has 2 aromatic heterocycles. The third-order valence-corrected chi connectivity index (χ3v) is 8.85. The van der Waals surface area contributed by atoms with Crippen molar-refractivity contribution in [1.29, 1.82) is 0 Å². The average Bonchev–Trinajstić information content (AvgIpc) is 3.17. The molecule has 1 saturated heterocycles. The van der Waals surface area contributed by atoms with Crippen molar-refractivity contribution in [1.82, 2.24) is 24.1 Å². The Hall–Kier alpha value is -2.52. The van der Waals surface area contributed by atoms with Crippen molar-refractivity contribution in [2.75, 3.05) is 13.1 Å². The summed E-state index contributed by atoms with van der Waals surface area (Å²) >= 11 is 0. The van der Waals surface area contributed by atoms with Crippen LogP contribution in [0.4, 0.5) is 0 Å². The van der Waals surface area contributed by atoms with Gasteiger partial charge in [0, 0.05) is 19.0 Å². The number of sulfonamides is 1. The Bertz CT molecular complexity index is 1290. The molecule has 1 N–H and O–H groups in total. The number of fused-ring (bicyclic) bond motifs is 1. The molecule has 33 heavy (non-hydrogen) atoms. The van der Waals surface area contributed by atoms with Gasteiger partial charge in [0.1, 0.15) is 11.2 Å². The molecule has 1 unspecified atom stereocenters. The number of H-pyrrole nitrogens is 1. The Morgan fingerprint density at radius 2 is 1.82 bits per heavy atom. The Labute approximate surface area is 194 Å². The molecule has 9 heteroatoms. The van der Waals surface area contributed by atoms with Crippen molar-refractivity contribution >= 4 is 21.1 Å². The third kappa shape index (κ3) is 4.48. The molecule has 3 aromatic rings. The van der Waals surface area contributed by atoms with Gasteiger partial charge < -0.3 is 4.98 Å². The summed E-state index contributed by atoms with van der Waals surface area (Å²) in [5.41, 5.74) is 1.94. The Kier molecular flexibility index (Phi) is 6.09. The van der Waals surface area contributed by atoms with Gasteiger partial charge in [-0.1, -0.05) is 49.6 Å². The maximum absolute atomic E-state index is 13.1. The van der Waals surface area contributed by atoms with Crippen LogP contribution in [0.25, 0.3) is 11.0 Å². The number of aryl methyl sites for hydroxylation is 1. The molecule has 1 saturated carbocycles. The highest BCUT2D eigenvalue weighted by Crippen LogP contribution is 2.32. The lowest BCUT2D eigenvalue weighted by Crippen LogP contribution is -2.40. The zero-order chi connectivity index (χ0) is 23.0. The molecule has 0 amide bonds. The standard InChI is InChI=1S/C24H31N5O3S/c1-17-21-23(29(27-17)20-12-6-3-7-13-20)25-22(26-24(21)30)19-11-8-14-28(15-19)33(31,32)16-18-9-4-2-5-10-18/h2,4-5,9-10,19-20H,3,6-8,11-16H2,1H3,(H,25,26,30). The van der Waals surface area contributed by atoms with E-state index in [0.29, 0.717) is 35.6 Å². The van der Waals surface area contributed by atoms with E-state index in [1.807, 2.05) is 41.9 Å². The quantitative estimate of drug-likeness (QED) is 0.615. The van der Waals surface area contributed by atoms with Crippen molar-refractivity contribution in [3.05, 3.63) is 57.8 Å². The molecule has 1 aliphatic carbocycles. The van der Waals surface area contributed by atoms with E-state index in [1.54, 1.807) is 4.31 Å². The number of hydrogen-bond donors (Lipinski definition) is 1. The minimum absolute atomic E-state index is 0.0167. The monoisotopic (exact) mass is 469 g/mol. The van der Waals surface area contributed by atoms with Crippen LogP contribution in [-0.2, 0) is 15.8 Å². The fourth-order valence-corrected chi connectivity index (χ4v) is 6.91. The number of hydrogen-bond acceptors (Lipinski definition) is 5. The molecule has 1 aromatic carbocycles. The fourth-order valence-electron chi connectivity index (χ4n) is 5.30. The first-order chi connectivity index (χ1) is 15.9. The number of benzene rings is 1. The van der Waals surface area contributed by atoms with Gasteiger partial charge in [-0.25, -0.2) is 22.4 Å². The van der Waals surface area contributed by atoms with Crippen LogP contribution in [0, 0.1) is 6.92 Å². The van der Waals surface area contributed by atoms with Crippen LogP contribution in [0.2, 0.25) is 0 Å². The minimum Gasteiger partial charge on any atom is -0.310 e. The van der Waals surface area contributed by atoms with E-state index in [9.17, 15) is 13.2 Å². The van der Waals surface area contributed by atoms with Gasteiger partial charge in [0.25, 0.3) is 5.56 Å². The molecular weight excluding hydrogens is 438 g/mol. The molecule has 2 fully saturated rings.